The van der Waals surface area contributed by atoms with Crippen LogP contribution in [0.5, 0.6) is 0 Å². The van der Waals surface area contributed by atoms with Gasteiger partial charge in [-0.25, -0.2) is 0 Å². The van der Waals surface area contributed by atoms with Crippen molar-refractivity contribution < 1.29 is 9.47 Å². The first-order chi connectivity index (χ1) is 15.6. The number of nitrogens with zero attached hydrogens (tertiary/aromatic N) is 2. The van der Waals surface area contributed by atoms with Crippen LogP contribution in [0.25, 0.3) is 10.9 Å². The van der Waals surface area contributed by atoms with Gasteiger partial charge in [-0.15, -0.1) is 0 Å². The minimum absolute atomic E-state index is 0.0597. The van der Waals surface area contributed by atoms with E-state index in [1.165, 1.54) is 0 Å². The molecule has 1 aromatic carbocycles. The van der Waals surface area contributed by atoms with Gasteiger partial charge in [-0.05, 0) is 68.0 Å². The van der Waals surface area contributed by atoms with Crippen LogP contribution in [0, 0.1) is 6.92 Å². The van der Waals surface area contributed by atoms with Gasteiger partial charge in [0.05, 0.1) is 25.9 Å². The van der Waals surface area contributed by atoms with E-state index < -0.39 is 0 Å². The zero-order valence-corrected chi connectivity index (χ0v) is 19.7. The summed E-state index contributed by atoms with van der Waals surface area (Å²) in [4.78, 5) is 20.3. The third kappa shape index (κ3) is 6.28. The van der Waals surface area contributed by atoms with E-state index in [2.05, 4.69) is 32.2 Å². The Hall–Kier alpha value is -2.00. The fraction of sp³-hybridized carbons (Fsp3) is 0.583. The van der Waals surface area contributed by atoms with Crippen molar-refractivity contribution in [3.8, 4) is 0 Å². The molecule has 2 N–H and O–H groups in total. The van der Waals surface area contributed by atoms with Gasteiger partial charge in [0.25, 0.3) is 5.56 Å². The number of fused-ring (bicyclic) bond motifs is 1. The highest BCUT2D eigenvalue weighted by Crippen LogP contribution is 2.17. The molecule has 2 aliphatic heterocycles. The maximum atomic E-state index is 12.8. The summed E-state index contributed by atoms with van der Waals surface area (Å²) in [5.41, 5.74) is 2.66. The van der Waals surface area contributed by atoms with Crippen molar-refractivity contribution in [1.29, 1.82) is 0 Å². The van der Waals surface area contributed by atoms with Gasteiger partial charge in [0.1, 0.15) is 0 Å². The van der Waals surface area contributed by atoms with Crippen molar-refractivity contribution in [3.63, 3.8) is 0 Å². The molecule has 32 heavy (non-hydrogen) atoms. The summed E-state index contributed by atoms with van der Waals surface area (Å²) >= 11 is 5.75. The van der Waals surface area contributed by atoms with Crippen LogP contribution in [-0.2, 0) is 16.0 Å². The molecule has 0 bridgehead atoms. The minimum Gasteiger partial charge on any atom is -0.379 e. The molecule has 1 atom stereocenters. The third-order valence-corrected chi connectivity index (χ3v) is 6.61. The van der Waals surface area contributed by atoms with Gasteiger partial charge in [0.15, 0.2) is 5.11 Å². The molecule has 0 radical (unpaired) electrons. The van der Waals surface area contributed by atoms with E-state index in [1.807, 2.05) is 19.1 Å². The minimum atomic E-state index is -0.0597. The number of aryl methyl sites for hydroxylation is 1. The molecule has 0 saturated carbocycles. The largest absolute Gasteiger partial charge is 0.379 e. The summed E-state index contributed by atoms with van der Waals surface area (Å²) in [5, 5.41) is 5.13. The number of rotatable bonds is 8. The maximum absolute atomic E-state index is 12.8. The molecule has 2 aromatic rings. The standard InChI is InChI=1S/C24H34N4O3S/c1-18-5-6-19-15-20(23(29)26-22(19)14-18)16-28(17-21-4-2-11-31-21)24(32)25-7-3-8-27-9-12-30-13-10-27/h5-6,14-15,21H,2-4,7-13,16-17H2,1H3,(H,25,32)(H,26,29). The van der Waals surface area contributed by atoms with Crippen LogP contribution in [0.15, 0.2) is 29.1 Å². The Kier molecular flexibility index (Phi) is 8.13. The maximum Gasteiger partial charge on any atom is 0.253 e. The molecular weight excluding hydrogens is 424 g/mol. The molecule has 7 nitrogen and oxygen atoms in total. The van der Waals surface area contributed by atoms with E-state index in [9.17, 15) is 4.79 Å². The Morgan fingerprint density at radius 2 is 2.12 bits per heavy atom. The summed E-state index contributed by atoms with van der Waals surface area (Å²) in [6.45, 7) is 9.48. The Morgan fingerprint density at radius 3 is 2.91 bits per heavy atom. The first-order valence-electron chi connectivity index (χ1n) is 11.7. The number of ether oxygens (including phenoxy) is 2. The molecule has 0 spiro atoms. The number of thiocarbonyl (C=S) groups is 1. The summed E-state index contributed by atoms with van der Waals surface area (Å²) in [6.07, 6.45) is 3.28. The van der Waals surface area contributed by atoms with Crippen LogP contribution in [0.3, 0.4) is 0 Å². The fourth-order valence-electron chi connectivity index (χ4n) is 4.37. The lowest BCUT2D eigenvalue weighted by Gasteiger charge is -2.29. The van der Waals surface area contributed by atoms with Crippen LogP contribution in [0.4, 0.5) is 0 Å². The fourth-order valence-corrected chi connectivity index (χ4v) is 4.61. The molecule has 0 amide bonds. The first kappa shape index (κ1) is 23.2. The van der Waals surface area contributed by atoms with Crippen LogP contribution in [0.1, 0.15) is 30.4 Å². The normalized spacial score (nSPS) is 19.3. The SMILES string of the molecule is Cc1ccc2cc(CN(CC3CCCO3)C(=S)NCCCN3CCOCC3)c(=O)[nH]c2c1. The van der Waals surface area contributed by atoms with E-state index in [4.69, 9.17) is 21.7 Å². The highest BCUT2D eigenvalue weighted by Gasteiger charge is 2.22. The average molecular weight is 459 g/mol. The lowest BCUT2D eigenvalue weighted by molar-refractivity contribution is 0.0375. The Bertz CT molecular complexity index is 967. The van der Waals surface area contributed by atoms with Gasteiger partial charge < -0.3 is 24.7 Å². The number of pyridine rings is 1. The highest BCUT2D eigenvalue weighted by atomic mass is 32.1. The molecule has 1 aromatic heterocycles. The van der Waals surface area contributed by atoms with E-state index in [-0.39, 0.29) is 11.7 Å². The molecule has 2 fully saturated rings. The van der Waals surface area contributed by atoms with E-state index >= 15 is 0 Å². The number of benzene rings is 1. The molecule has 8 heteroatoms. The van der Waals surface area contributed by atoms with Gasteiger partial charge in [-0.1, -0.05) is 12.1 Å². The monoisotopic (exact) mass is 458 g/mol. The van der Waals surface area contributed by atoms with Crippen LogP contribution >= 0.6 is 12.2 Å². The van der Waals surface area contributed by atoms with E-state index in [0.717, 1.165) is 87.3 Å². The molecule has 0 aliphatic carbocycles. The molecule has 174 valence electrons. The molecule has 3 heterocycles. The summed E-state index contributed by atoms with van der Waals surface area (Å²) in [5.74, 6) is 0. The number of morpholine rings is 1. The lowest BCUT2D eigenvalue weighted by atomic mass is 10.1. The number of aromatic amines is 1. The van der Waals surface area contributed by atoms with E-state index in [0.29, 0.717) is 18.2 Å². The van der Waals surface area contributed by atoms with Gasteiger partial charge in [-0.3, -0.25) is 9.69 Å². The van der Waals surface area contributed by atoms with Crippen molar-refractivity contribution in [2.75, 3.05) is 52.5 Å². The van der Waals surface area contributed by atoms with Crippen molar-refractivity contribution in [2.45, 2.75) is 38.8 Å². The van der Waals surface area contributed by atoms with Crippen LogP contribution in [-0.4, -0.2) is 78.5 Å². The number of nitrogens with one attached hydrogen (secondary N) is 2. The predicted molar refractivity (Wildman–Crippen MR) is 131 cm³/mol. The molecule has 4 rings (SSSR count). The van der Waals surface area contributed by atoms with Crippen molar-refractivity contribution in [3.05, 3.63) is 45.7 Å². The van der Waals surface area contributed by atoms with Crippen molar-refractivity contribution in [1.82, 2.24) is 20.1 Å². The summed E-state index contributed by atoms with van der Waals surface area (Å²) in [7, 11) is 0. The smallest absolute Gasteiger partial charge is 0.253 e. The topological polar surface area (TPSA) is 69.8 Å². The van der Waals surface area contributed by atoms with E-state index in [1.54, 1.807) is 0 Å². The van der Waals surface area contributed by atoms with Gasteiger partial charge in [0, 0.05) is 43.9 Å². The van der Waals surface area contributed by atoms with Gasteiger partial charge in [0.2, 0.25) is 0 Å². The predicted octanol–water partition coefficient (Wildman–Crippen LogP) is 2.41. The number of hydrogen-bond acceptors (Lipinski definition) is 5. The molecule has 2 saturated heterocycles. The number of hydrogen-bond donors (Lipinski definition) is 2. The zero-order chi connectivity index (χ0) is 22.3. The lowest BCUT2D eigenvalue weighted by Crippen LogP contribution is -2.45. The summed E-state index contributed by atoms with van der Waals surface area (Å²) < 4.78 is 11.3. The Labute approximate surface area is 195 Å². The third-order valence-electron chi connectivity index (χ3n) is 6.21. The van der Waals surface area contributed by atoms with Crippen LogP contribution in [0.2, 0.25) is 0 Å². The second-order valence-corrected chi connectivity index (χ2v) is 9.16. The Morgan fingerprint density at radius 1 is 1.28 bits per heavy atom. The second-order valence-electron chi connectivity index (χ2n) is 8.77. The highest BCUT2D eigenvalue weighted by molar-refractivity contribution is 7.80. The average Bonchev–Trinajstić information content (AvgIpc) is 3.30. The Balaban J connectivity index is 1.40. The summed E-state index contributed by atoms with van der Waals surface area (Å²) in [6, 6.07) is 8.11. The zero-order valence-electron chi connectivity index (χ0n) is 18.9. The second kappa shape index (κ2) is 11.2. The first-order valence-corrected chi connectivity index (χ1v) is 12.1. The molecule has 2 aliphatic rings. The van der Waals surface area contributed by atoms with Gasteiger partial charge >= 0.3 is 0 Å². The number of H-pyrrole nitrogens is 1. The van der Waals surface area contributed by atoms with Crippen molar-refractivity contribution in [2.24, 2.45) is 0 Å². The van der Waals surface area contributed by atoms with Crippen LogP contribution < -0.4 is 10.9 Å². The number of aromatic nitrogens is 1. The molecular formula is C24H34N4O3S. The molecule has 1 unspecified atom stereocenters. The van der Waals surface area contributed by atoms with Gasteiger partial charge in [-0.2, -0.15) is 0 Å². The quantitative estimate of drug-likeness (QED) is 0.465. The van der Waals surface area contributed by atoms with Crippen molar-refractivity contribution >= 4 is 28.2 Å².